The third-order valence-electron chi connectivity index (χ3n) is 3.45. The molecule has 0 spiro atoms. The normalized spacial score (nSPS) is 15.9. The third-order valence-corrected chi connectivity index (χ3v) is 3.45. The van der Waals surface area contributed by atoms with Crippen molar-refractivity contribution in [3.05, 3.63) is 76.2 Å². The van der Waals surface area contributed by atoms with Gasteiger partial charge in [0.15, 0.2) is 5.70 Å². The smallest absolute Gasteiger partial charge is 0.363 e. The fraction of sp³-hybridized carbons (Fsp3) is 0.111. The first-order valence-corrected chi connectivity index (χ1v) is 6.89. The number of hydrogen-bond acceptors (Lipinski definition) is 3. The van der Waals surface area contributed by atoms with E-state index in [0.29, 0.717) is 0 Å². The minimum Gasteiger partial charge on any atom is -0.402 e. The van der Waals surface area contributed by atoms with Crippen LogP contribution in [0.2, 0.25) is 0 Å². The van der Waals surface area contributed by atoms with Gasteiger partial charge >= 0.3 is 5.97 Å². The van der Waals surface area contributed by atoms with Gasteiger partial charge in [0.25, 0.3) is 0 Å². The summed E-state index contributed by atoms with van der Waals surface area (Å²) in [6.45, 7) is 3.93. The Morgan fingerprint density at radius 1 is 1.14 bits per heavy atom. The Hall–Kier alpha value is -2.75. The third kappa shape index (κ3) is 2.68. The second kappa shape index (κ2) is 5.56. The Balaban J connectivity index is 2.02. The van der Waals surface area contributed by atoms with E-state index < -0.39 is 11.8 Å². The number of aryl methyl sites for hydroxylation is 2. The van der Waals surface area contributed by atoms with Crippen LogP contribution in [0.1, 0.15) is 22.3 Å². The molecule has 0 radical (unpaired) electrons. The number of aliphatic imine (C=N–C) groups is 1. The molecular weight excluding hydrogens is 281 g/mol. The molecule has 1 aliphatic rings. The molecule has 0 unspecified atom stereocenters. The number of esters is 1. The maximum Gasteiger partial charge on any atom is 0.363 e. The van der Waals surface area contributed by atoms with Gasteiger partial charge in [-0.25, -0.2) is 14.2 Å². The lowest BCUT2D eigenvalue weighted by Crippen LogP contribution is -2.07. The van der Waals surface area contributed by atoms with Crippen molar-refractivity contribution in [1.82, 2.24) is 0 Å². The number of hydrogen-bond donors (Lipinski definition) is 0. The van der Waals surface area contributed by atoms with Gasteiger partial charge < -0.3 is 4.74 Å². The minimum atomic E-state index is -0.570. The molecule has 22 heavy (non-hydrogen) atoms. The Labute approximate surface area is 127 Å². The highest BCUT2D eigenvalue weighted by molar-refractivity contribution is 6.13. The lowest BCUT2D eigenvalue weighted by Gasteiger charge is -2.01. The Morgan fingerprint density at radius 3 is 2.68 bits per heavy atom. The Bertz CT molecular complexity index is 822. The largest absolute Gasteiger partial charge is 0.402 e. The standard InChI is InChI=1S/C18H14FNO2/c1-11-7-8-12(2)13(9-11)10-16-18(21)22-17(20-16)14-5-3-4-6-15(14)19/h3-10H,1-2H3/b16-10-. The summed E-state index contributed by atoms with van der Waals surface area (Å²) in [5, 5.41) is 0. The van der Waals surface area contributed by atoms with Crippen LogP contribution in [0.15, 0.2) is 53.2 Å². The summed E-state index contributed by atoms with van der Waals surface area (Å²) in [6, 6.07) is 12.0. The number of benzene rings is 2. The molecule has 0 aliphatic carbocycles. The van der Waals surface area contributed by atoms with Gasteiger partial charge in [-0.15, -0.1) is 0 Å². The highest BCUT2D eigenvalue weighted by Crippen LogP contribution is 2.22. The molecule has 2 aromatic carbocycles. The summed E-state index contributed by atoms with van der Waals surface area (Å²) < 4.78 is 18.8. The average Bonchev–Trinajstić information content (AvgIpc) is 2.84. The minimum absolute atomic E-state index is 0.000318. The highest BCUT2D eigenvalue weighted by atomic mass is 19.1. The van der Waals surface area contributed by atoms with Crippen molar-refractivity contribution in [2.75, 3.05) is 0 Å². The van der Waals surface area contributed by atoms with Gasteiger partial charge in [0.1, 0.15) is 5.82 Å². The van der Waals surface area contributed by atoms with Crippen LogP contribution in [0.3, 0.4) is 0 Å². The fourth-order valence-corrected chi connectivity index (χ4v) is 2.22. The monoisotopic (exact) mass is 295 g/mol. The predicted molar refractivity (Wildman–Crippen MR) is 82.9 cm³/mol. The van der Waals surface area contributed by atoms with Crippen molar-refractivity contribution in [2.45, 2.75) is 13.8 Å². The summed E-state index contributed by atoms with van der Waals surface area (Å²) in [5.41, 5.74) is 3.36. The lowest BCUT2D eigenvalue weighted by molar-refractivity contribution is -0.129. The van der Waals surface area contributed by atoms with Gasteiger partial charge in [0, 0.05) is 0 Å². The number of cyclic esters (lactones) is 1. The zero-order valence-electron chi connectivity index (χ0n) is 12.3. The first kappa shape index (κ1) is 14.2. The van der Waals surface area contributed by atoms with E-state index in [4.69, 9.17) is 4.74 Å². The molecule has 0 N–H and O–H groups in total. The molecule has 0 aromatic heterocycles. The van der Waals surface area contributed by atoms with E-state index in [9.17, 15) is 9.18 Å². The van der Waals surface area contributed by atoms with Gasteiger partial charge in [-0.3, -0.25) is 0 Å². The van der Waals surface area contributed by atoms with E-state index in [1.54, 1.807) is 18.2 Å². The highest BCUT2D eigenvalue weighted by Gasteiger charge is 2.25. The summed E-state index contributed by atoms with van der Waals surface area (Å²) in [4.78, 5) is 16.1. The zero-order valence-corrected chi connectivity index (χ0v) is 12.3. The van der Waals surface area contributed by atoms with Crippen molar-refractivity contribution in [2.24, 2.45) is 4.99 Å². The van der Waals surface area contributed by atoms with Crippen LogP contribution in [-0.4, -0.2) is 11.9 Å². The molecule has 110 valence electrons. The molecule has 0 fully saturated rings. The number of ether oxygens (including phenoxy) is 1. The fourth-order valence-electron chi connectivity index (χ4n) is 2.22. The number of nitrogens with zero attached hydrogens (tertiary/aromatic N) is 1. The van der Waals surface area contributed by atoms with E-state index >= 15 is 0 Å². The second-order valence-corrected chi connectivity index (χ2v) is 5.18. The molecule has 0 amide bonds. The molecule has 3 nitrogen and oxygen atoms in total. The number of halogens is 1. The molecule has 4 heteroatoms. The first-order valence-electron chi connectivity index (χ1n) is 6.89. The molecule has 0 saturated carbocycles. The van der Waals surface area contributed by atoms with Crippen LogP contribution in [0.4, 0.5) is 4.39 Å². The molecule has 2 aromatic rings. The van der Waals surface area contributed by atoms with Crippen LogP contribution >= 0.6 is 0 Å². The van der Waals surface area contributed by atoms with Crippen LogP contribution in [0, 0.1) is 19.7 Å². The predicted octanol–water partition coefficient (Wildman–Crippen LogP) is 3.79. The van der Waals surface area contributed by atoms with Crippen LogP contribution in [0.25, 0.3) is 6.08 Å². The number of carbonyl (C=O) groups excluding carboxylic acids is 1. The summed E-state index contributed by atoms with van der Waals surface area (Å²) >= 11 is 0. The van der Waals surface area contributed by atoms with Gasteiger partial charge in [0.2, 0.25) is 5.90 Å². The van der Waals surface area contributed by atoms with E-state index in [2.05, 4.69) is 4.99 Å². The van der Waals surface area contributed by atoms with Gasteiger partial charge in [-0.05, 0) is 43.2 Å². The molecule has 1 heterocycles. The zero-order chi connectivity index (χ0) is 15.7. The second-order valence-electron chi connectivity index (χ2n) is 5.18. The maximum absolute atomic E-state index is 13.7. The molecule has 1 aliphatic heterocycles. The van der Waals surface area contributed by atoms with Crippen molar-refractivity contribution in [3.8, 4) is 0 Å². The Morgan fingerprint density at radius 2 is 1.91 bits per heavy atom. The Kier molecular flexibility index (Phi) is 3.59. The number of rotatable bonds is 2. The first-order chi connectivity index (χ1) is 10.5. The van der Waals surface area contributed by atoms with Gasteiger partial charge in [-0.2, -0.15) is 0 Å². The van der Waals surface area contributed by atoms with E-state index in [1.807, 2.05) is 32.0 Å². The summed E-state index contributed by atoms with van der Waals surface area (Å²) in [6.07, 6.45) is 1.67. The van der Waals surface area contributed by atoms with Crippen molar-refractivity contribution in [1.29, 1.82) is 0 Å². The molecular formula is C18H14FNO2. The summed E-state index contributed by atoms with van der Waals surface area (Å²) in [7, 11) is 0. The summed E-state index contributed by atoms with van der Waals surface area (Å²) in [5.74, 6) is -1.04. The van der Waals surface area contributed by atoms with E-state index in [0.717, 1.165) is 16.7 Å². The lowest BCUT2D eigenvalue weighted by atomic mass is 10.0. The molecule has 3 rings (SSSR count). The van der Waals surface area contributed by atoms with Crippen LogP contribution in [0.5, 0.6) is 0 Å². The van der Waals surface area contributed by atoms with Crippen molar-refractivity contribution >= 4 is 17.9 Å². The average molecular weight is 295 g/mol. The maximum atomic E-state index is 13.7. The molecule has 0 bridgehead atoms. The van der Waals surface area contributed by atoms with Crippen molar-refractivity contribution in [3.63, 3.8) is 0 Å². The van der Waals surface area contributed by atoms with Crippen molar-refractivity contribution < 1.29 is 13.9 Å². The van der Waals surface area contributed by atoms with E-state index in [-0.39, 0.29) is 17.2 Å². The molecule has 0 saturated heterocycles. The SMILES string of the molecule is Cc1ccc(C)c(/C=C2\N=C(c3ccccc3F)OC2=O)c1. The van der Waals surface area contributed by atoms with E-state index in [1.165, 1.54) is 12.1 Å². The van der Waals surface area contributed by atoms with Crippen LogP contribution < -0.4 is 0 Å². The van der Waals surface area contributed by atoms with Crippen LogP contribution in [-0.2, 0) is 9.53 Å². The molecule has 0 atom stereocenters. The topological polar surface area (TPSA) is 38.7 Å². The van der Waals surface area contributed by atoms with Gasteiger partial charge in [-0.1, -0.05) is 35.9 Å². The van der Waals surface area contributed by atoms with Gasteiger partial charge in [0.05, 0.1) is 5.56 Å². The quantitative estimate of drug-likeness (QED) is 0.624. The number of carbonyl (C=O) groups is 1.